The molecule has 47 heavy (non-hydrogen) atoms. The first-order valence-electron chi connectivity index (χ1n) is 16.3. The number of aryl methyl sites for hydroxylation is 1. The SMILES string of the molecule is C=C1C=C2/C(Nc3ccc(C(=O)NC4CCN(C(=O)[C@@H]5CCCN5)CC4)c(C)c3)=N\C=C/CCC2C(c2ccc(OC)c(F)c2F)=C1. The van der Waals surface area contributed by atoms with Gasteiger partial charge in [-0.05, 0) is 105 Å². The van der Waals surface area contributed by atoms with E-state index in [9.17, 15) is 14.0 Å². The second-order valence-electron chi connectivity index (χ2n) is 12.6. The van der Waals surface area contributed by atoms with Gasteiger partial charge in [0.1, 0.15) is 5.84 Å². The molecule has 3 aliphatic heterocycles. The Bertz CT molecular complexity index is 1700. The number of nitrogens with one attached hydrogen (secondary N) is 3. The molecule has 0 radical (unpaired) electrons. The summed E-state index contributed by atoms with van der Waals surface area (Å²) in [5.41, 5.74) is 4.37. The maximum atomic E-state index is 15.3. The number of ether oxygens (including phenoxy) is 1. The molecule has 2 amide bonds. The fraction of sp³-hybridized carbons (Fsp3) is 0.378. The van der Waals surface area contributed by atoms with Gasteiger partial charge in [0.2, 0.25) is 11.7 Å². The minimum Gasteiger partial charge on any atom is -0.494 e. The van der Waals surface area contributed by atoms with E-state index in [1.54, 1.807) is 24.4 Å². The van der Waals surface area contributed by atoms with E-state index in [1.165, 1.54) is 13.2 Å². The van der Waals surface area contributed by atoms with E-state index in [1.807, 2.05) is 36.1 Å². The van der Waals surface area contributed by atoms with Crippen molar-refractivity contribution in [2.45, 2.75) is 57.5 Å². The molecule has 10 heteroatoms. The number of carbonyl (C=O) groups excluding carboxylic acids is 2. The van der Waals surface area contributed by atoms with E-state index in [4.69, 9.17) is 9.73 Å². The average molecular weight is 642 g/mol. The van der Waals surface area contributed by atoms with Crippen molar-refractivity contribution in [1.82, 2.24) is 15.5 Å². The lowest BCUT2D eigenvalue weighted by Crippen LogP contribution is -2.50. The Hall–Kier alpha value is -4.57. The summed E-state index contributed by atoms with van der Waals surface area (Å²) in [5.74, 6) is -1.80. The molecule has 0 spiro atoms. The number of halogens is 2. The average Bonchev–Trinajstić information content (AvgIpc) is 3.60. The third-order valence-electron chi connectivity index (χ3n) is 9.45. The first-order chi connectivity index (χ1) is 22.7. The van der Waals surface area contributed by atoms with E-state index in [0.717, 1.165) is 49.1 Å². The largest absolute Gasteiger partial charge is 0.494 e. The summed E-state index contributed by atoms with van der Waals surface area (Å²) in [6.45, 7) is 8.19. The fourth-order valence-electron chi connectivity index (χ4n) is 6.93. The van der Waals surface area contributed by atoms with Gasteiger partial charge in [-0.2, -0.15) is 4.39 Å². The van der Waals surface area contributed by atoms with Crippen LogP contribution in [0.5, 0.6) is 5.75 Å². The first kappa shape index (κ1) is 32.4. The van der Waals surface area contributed by atoms with Crippen molar-refractivity contribution in [1.29, 1.82) is 0 Å². The molecule has 2 saturated heterocycles. The lowest BCUT2D eigenvalue weighted by Gasteiger charge is -2.34. The fourth-order valence-corrected chi connectivity index (χ4v) is 6.93. The van der Waals surface area contributed by atoms with Crippen LogP contribution >= 0.6 is 0 Å². The van der Waals surface area contributed by atoms with Gasteiger partial charge in [-0.1, -0.05) is 18.7 Å². The lowest BCUT2D eigenvalue weighted by molar-refractivity contribution is -0.134. The molecule has 2 aromatic carbocycles. The van der Waals surface area contributed by atoms with Crippen molar-refractivity contribution in [3.05, 3.63) is 101 Å². The number of carbonyl (C=O) groups is 2. The second kappa shape index (κ2) is 14.0. The number of piperidine rings is 1. The van der Waals surface area contributed by atoms with Crippen LogP contribution in [0, 0.1) is 24.5 Å². The number of hydrogen-bond acceptors (Lipinski definition) is 6. The topological polar surface area (TPSA) is 95.1 Å². The van der Waals surface area contributed by atoms with Crippen LogP contribution in [0.4, 0.5) is 14.5 Å². The van der Waals surface area contributed by atoms with Gasteiger partial charge in [0.15, 0.2) is 11.6 Å². The number of anilines is 1. The molecule has 4 aliphatic rings. The van der Waals surface area contributed by atoms with Crippen LogP contribution in [-0.4, -0.2) is 61.4 Å². The van der Waals surface area contributed by atoms with Crippen molar-refractivity contribution in [3.8, 4) is 5.75 Å². The van der Waals surface area contributed by atoms with Crippen molar-refractivity contribution >= 4 is 28.9 Å². The summed E-state index contributed by atoms with van der Waals surface area (Å²) in [7, 11) is 1.31. The molecule has 246 valence electrons. The van der Waals surface area contributed by atoms with Crippen LogP contribution in [0.3, 0.4) is 0 Å². The third kappa shape index (κ3) is 6.93. The second-order valence-corrected chi connectivity index (χ2v) is 12.6. The van der Waals surface area contributed by atoms with Crippen LogP contribution < -0.4 is 20.7 Å². The Balaban J connectivity index is 1.14. The molecule has 2 atom stereocenters. The normalized spacial score (nSPS) is 23.4. The van der Waals surface area contributed by atoms with Gasteiger partial charge >= 0.3 is 0 Å². The van der Waals surface area contributed by atoms with Crippen molar-refractivity contribution in [3.63, 3.8) is 0 Å². The van der Waals surface area contributed by atoms with Crippen LogP contribution in [0.15, 0.2) is 77.5 Å². The van der Waals surface area contributed by atoms with Gasteiger partial charge in [-0.25, -0.2) is 9.38 Å². The van der Waals surface area contributed by atoms with Crippen LogP contribution in [-0.2, 0) is 4.79 Å². The number of amidine groups is 1. The molecule has 0 aromatic heterocycles. The van der Waals surface area contributed by atoms with Gasteiger partial charge in [0.25, 0.3) is 5.91 Å². The zero-order chi connectivity index (χ0) is 33.1. The molecular weight excluding hydrogens is 600 g/mol. The summed E-state index contributed by atoms with van der Waals surface area (Å²) in [6.07, 6.45) is 12.2. The summed E-state index contributed by atoms with van der Waals surface area (Å²) in [4.78, 5) is 32.6. The minimum atomic E-state index is -1.03. The number of aliphatic imine (C=N–C) groups is 1. The molecule has 2 aromatic rings. The van der Waals surface area contributed by atoms with Gasteiger partial charge in [0.05, 0.1) is 13.2 Å². The number of nitrogens with zero attached hydrogens (tertiary/aromatic N) is 2. The van der Waals surface area contributed by atoms with Gasteiger partial charge in [0, 0.05) is 53.6 Å². The number of benzene rings is 2. The minimum absolute atomic E-state index is 0.00545. The Labute approximate surface area is 274 Å². The Kier molecular flexibility index (Phi) is 9.68. The number of amides is 2. The number of hydrogen-bond donors (Lipinski definition) is 3. The quantitative estimate of drug-likeness (QED) is 0.356. The Morgan fingerprint density at radius 2 is 1.83 bits per heavy atom. The van der Waals surface area contributed by atoms with Crippen LogP contribution in [0.1, 0.15) is 60.0 Å². The van der Waals surface area contributed by atoms with E-state index in [2.05, 4.69) is 22.5 Å². The Morgan fingerprint density at radius 1 is 1.04 bits per heavy atom. The predicted molar refractivity (Wildman–Crippen MR) is 180 cm³/mol. The lowest BCUT2D eigenvalue weighted by atomic mass is 9.77. The van der Waals surface area contributed by atoms with Crippen LogP contribution in [0.2, 0.25) is 0 Å². The molecule has 1 unspecified atom stereocenters. The standard InChI is InChI=1S/C37H41F2N5O3/c1-22-19-29(28-11-12-32(47-3)34(39)33(28)38)27-7-4-5-15-41-35(30(27)20-22)42-25-9-10-26(23(2)21-25)36(45)43-24-13-17-44(18-14-24)37(46)31-8-6-16-40-31/h5,9-12,15,19-21,24,27,31,40H,1,4,6-8,13-14,16-18H2,2-3H3,(H,41,42)(H,43,45)/b15-5-/t27?,31-/m0/s1. The highest BCUT2D eigenvalue weighted by atomic mass is 19.2. The molecule has 1 aliphatic carbocycles. The number of allylic oxidation sites excluding steroid dienone is 5. The smallest absolute Gasteiger partial charge is 0.251 e. The maximum Gasteiger partial charge on any atom is 0.251 e. The van der Waals surface area contributed by atoms with Crippen LogP contribution in [0.25, 0.3) is 5.57 Å². The Morgan fingerprint density at radius 3 is 2.55 bits per heavy atom. The molecule has 2 fully saturated rings. The van der Waals surface area contributed by atoms with E-state index >= 15 is 4.39 Å². The summed E-state index contributed by atoms with van der Waals surface area (Å²) in [6, 6.07) is 8.45. The molecule has 3 N–H and O–H groups in total. The van der Waals surface area contributed by atoms with Gasteiger partial charge in [-0.15, -0.1) is 0 Å². The zero-order valence-corrected chi connectivity index (χ0v) is 26.9. The van der Waals surface area contributed by atoms with E-state index in [0.29, 0.717) is 48.5 Å². The van der Waals surface area contributed by atoms with Crippen molar-refractivity contribution in [2.75, 3.05) is 32.1 Å². The molecule has 8 nitrogen and oxygen atoms in total. The first-order valence-corrected chi connectivity index (χ1v) is 16.3. The monoisotopic (exact) mass is 641 g/mol. The van der Waals surface area contributed by atoms with E-state index in [-0.39, 0.29) is 41.1 Å². The zero-order valence-electron chi connectivity index (χ0n) is 26.9. The van der Waals surface area contributed by atoms with Gasteiger partial charge in [-0.3, -0.25) is 9.59 Å². The maximum absolute atomic E-state index is 15.3. The highest BCUT2D eigenvalue weighted by Crippen LogP contribution is 2.41. The number of fused-ring (bicyclic) bond motifs is 1. The summed E-state index contributed by atoms with van der Waals surface area (Å²) in [5, 5.41) is 9.85. The highest BCUT2D eigenvalue weighted by molar-refractivity contribution is 6.11. The molecule has 3 heterocycles. The summed E-state index contributed by atoms with van der Waals surface area (Å²) < 4.78 is 35.0. The molecule has 0 bridgehead atoms. The number of methoxy groups -OCH3 is 1. The third-order valence-corrected chi connectivity index (χ3v) is 9.45. The number of rotatable bonds is 6. The molecule has 6 rings (SSSR count). The predicted octanol–water partition coefficient (Wildman–Crippen LogP) is 6.07. The van der Waals surface area contributed by atoms with E-state index < -0.39 is 11.6 Å². The van der Waals surface area contributed by atoms with Crippen molar-refractivity contribution < 1.29 is 23.1 Å². The highest BCUT2D eigenvalue weighted by Gasteiger charge is 2.32. The molecule has 0 saturated carbocycles. The van der Waals surface area contributed by atoms with Crippen molar-refractivity contribution in [2.24, 2.45) is 10.9 Å². The number of likely N-dealkylation sites (tertiary alicyclic amines) is 1. The summed E-state index contributed by atoms with van der Waals surface area (Å²) >= 11 is 0. The molecular formula is C37H41F2N5O3. The van der Waals surface area contributed by atoms with Gasteiger partial charge < -0.3 is 25.6 Å².